The van der Waals surface area contributed by atoms with Gasteiger partial charge in [0.05, 0.1) is 6.61 Å². The highest BCUT2D eigenvalue weighted by Crippen LogP contribution is 2.10. The molecule has 0 radical (unpaired) electrons. The van der Waals surface area contributed by atoms with E-state index in [1.807, 2.05) is 0 Å². The highest BCUT2D eigenvalue weighted by molar-refractivity contribution is 4.75. The largest absolute Gasteiger partial charge is 0.395 e. The highest BCUT2D eigenvalue weighted by Gasteiger charge is 2.15. The first kappa shape index (κ1) is 13.9. The summed E-state index contributed by atoms with van der Waals surface area (Å²) in [5.74, 6) is 1.32. The van der Waals surface area contributed by atoms with E-state index in [1.165, 1.54) is 6.42 Å². The van der Waals surface area contributed by atoms with Crippen molar-refractivity contribution in [3.63, 3.8) is 0 Å². The van der Waals surface area contributed by atoms with Gasteiger partial charge in [0, 0.05) is 12.1 Å². The number of aliphatic hydroxyl groups excluding tert-OH is 1. The van der Waals surface area contributed by atoms with Crippen LogP contribution in [0, 0.1) is 11.8 Å². The highest BCUT2D eigenvalue weighted by atomic mass is 16.3. The van der Waals surface area contributed by atoms with Gasteiger partial charge in [-0.1, -0.05) is 34.1 Å². The van der Waals surface area contributed by atoms with Crippen LogP contribution in [-0.2, 0) is 0 Å². The van der Waals surface area contributed by atoms with Gasteiger partial charge in [-0.15, -0.1) is 0 Å². The Bertz CT molecular complexity index is 136. The summed E-state index contributed by atoms with van der Waals surface area (Å²) in [5.41, 5.74) is 0. The lowest BCUT2D eigenvalue weighted by Crippen LogP contribution is -2.42. The second-order valence-corrected chi connectivity index (χ2v) is 4.85. The zero-order valence-electron chi connectivity index (χ0n) is 10.4. The van der Waals surface area contributed by atoms with Gasteiger partial charge in [0.1, 0.15) is 0 Å². The first-order valence-corrected chi connectivity index (χ1v) is 5.88. The maximum Gasteiger partial charge on any atom is 0.0584 e. The third-order valence-corrected chi connectivity index (χ3v) is 2.97. The molecule has 0 aliphatic heterocycles. The summed E-state index contributed by atoms with van der Waals surface area (Å²) in [6, 6.07) is 0.759. The third kappa shape index (κ3) is 5.61. The molecule has 0 unspecified atom stereocenters. The van der Waals surface area contributed by atoms with E-state index in [0.717, 1.165) is 6.42 Å². The van der Waals surface area contributed by atoms with Crippen molar-refractivity contribution in [2.24, 2.45) is 11.8 Å². The van der Waals surface area contributed by atoms with Crippen molar-refractivity contribution in [1.29, 1.82) is 0 Å². The Morgan fingerprint density at radius 2 is 1.71 bits per heavy atom. The van der Waals surface area contributed by atoms with Crippen molar-refractivity contribution < 1.29 is 5.11 Å². The fourth-order valence-electron chi connectivity index (χ4n) is 1.65. The molecule has 0 spiro atoms. The number of hydrogen-bond acceptors (Lipinski definition) is 2. The van der Waals surface area contributed by atoms with E-state index < -0.39 is 0 Å². The number of rotatable bonds is 7. The summed E-state index contributed by atoms with van der Waals surface area (Å²) in [7, 11) is 0. The van der Waals surface area contributed by atoms with Gasteiger partial charge >= 0.3 is 0 Å². The fraction of sp³-hybridized carbons (Fsp3) is 1.00. The van der Waals surface area contributed by atoms with Crippen LogP contribution in [0.5, 0.6) is 0 Å². The minimum absolute atomic E-state index is 0.249. The van der Waals surface area contributed by atoms with Crippen molar-refractivity contribution in [3.8, 4) is 0 Å². The molecular formula is C12H27NO. The Balaban J connectivity index is 3.91. The van der Waals surface area contributed by atoms with Crippen LogP contribution in [0.3, 0.4) is 0 Å². The van der Waals surface area contributed by atoms with Crippen LogP contribution < -0.4 is 5.32 Å². The topological polar surface area (TPSA) is 32.3 Å². The van der Waals surface area contributed by atoms with Crippen LogP contribution in [-0.4, -0.2) is 23.8 Å². The maximum absolute atomic E-state index is 9.22. The van der Waals surface area contributed by atoms with Gasteiger partial charge in [0.15, 0.2) is 0 Å². The summed E-state index contributed by atoms with van der Waals surface area (Å²) in [6.07, 6.45) is 2.24. The molecule has 2 N–H and O–H groups in total. The van der Waals surface area contributed by atoms with E-state index in [4.69, 9.17) is 0 Å². The molecule has 0 saturated heterocycles. The first-order valence-electron chi connectivity index (χ1n) is 5.88. The number of nitrogens with one attached hydrogen (secondary N) is 1. The molecule has 0 aromatic heterocycles. The quantitative estimate of drug-likeness (QED) is 0.663. The zero-order valence-corrected chi connectivity index (χ0v) is 10.4. The van der Waals surface area contributed by atoms with Crippen LogP contribution in [0.25, 0.3) is 0 Å². The summed E-state index contributed by atoms with van der Waals surface area (Å²) < 4.78 is 0. The Hall–Kier alpha value is -0.0800. The van der Waals surface area contributed by atoms with Crippen molar-refractivity contribution in [2.45, 2.75) is 59.5 Å². The molecule has 0 amide bonds. The average molecular weight is 201 g/mol. The number of aliphatic hydroxyl groups is 1. The molecule has 0 rings (SSSR count). The van der Waals surface area contributed by atoms with Gasteiger partial charge in [0.25, 0.3) is 0 Å². The van der Waals surface area contributed by atoms with Crippen molar-refractivity contribution in [2.75, 3.05) is 6.61 Å². The standard InChI is InChI=1S/C12H27NO/c1-6-10(4)11(5)13-12(8-14)7-9(2)3/h9-14H,6-8H2,1-5H3/t10-,11-,12+/m1/s1. The lowest BCUT2D eigenvalue weighted by Gasteiger charge is -2.26. The molecule has 0 heterocycles. The van der Waals surface area contributed by atoms with Gasteiger partial charge in [-0.25, -0.2) is 0 Å². The van der Waals surface area contributed by atoms with Crippen molar-refractivity contribution >= 4 is 0 Å². The molecule has 86 valence electrons. The molecule has 2 nitrogen and oxygen atoms in total. The minimum atomic E-state index is 0.249. The molecule has 0 aromatic carbocycles. The van der Waals surface area contributed by atoms with Gasteiger partial charge in [-0.3, -0.25) is 0 Å². The predicted octanol–water partition coefficient (Wildman–Crippen LogP) is 2.42. The average Bonchev–Trinajstić information content (AvgIpc) is 2.14. The maximum atomic E-state index is 9.22. The molecular weight excluding hydrogens is 174 g/mol. The van der Waals surface area contributed by atoms with E-state index >= 15 is 0 Å². The first-order chi connectivity index (χ1) is 6.51. The molecule has 14 heavy (non-hydrogen) atoms. The van der Waals surface area contributed by atoms with E-state index in [0.29, 0.717) is 17.9 Å². The third-order valence-electron chi connectivity index (χ3n) is 2.97. The van der Waals surface area contributed by atoms with E-state index in [9.17, 15) is 5.11 Å². The molecule has 0 fully saturated rings. The van der Waals surface area contributed by atoms with Gasteiger partial charge in [-0.2, -0.15) is 0 Å². The monoisotopic (exact) mass is 201 g/mol. The Morgan fingerprint density at radius 1 is 1.14 bits per heavy atom. The lowest BCUT2D eigenvalue weighted by molar-refractivity contribution is 0.202. The summed E-state index contributed by atoms with van der Waals surface area (Å²) in [6.45, 7) is 11.3. The van der Waals surface area contributed by atoms with Gasteiger partial charge in [0.2, 0.25) is 0 Å². The Labute approximate surface area is 89.1 Å². The predicted molar refractivity (Wildman–Crippen MR) is 62.4 cm³/mol. The van der Waals surface area contributed by atoms with Crippen molar-refractivity contribution in [3.05, 3.63) is 0 Å². The van der Waals surface area contributed by atoms with Crippen LogP contribution in [0.4, 0.5) is 0 Å². The summed E-state index contributed by atoms with van der Waals surface area (Å²) >= 11 is 0. The normalized spacial score (nSPS) is 18.2. The second kappa shape index (κ2) is 7.24. The van der Waals surface area contributed by atoms with Gasteiger partial charge < -0.3 is 10.4 Å². The molecule has 0 aliphatic rings. The smallest absolute Gasteiger partial charge is 0.0584 e. The van der Waals surface area contributed by atoms with Crippen LogP contribution in [0.1, 0.15) is 47.5 Å². The SMILES string of the molecule is CC[C@@H](C)[C@@H](C)N[C@H](CO)CC(C)C. The fourth-order valence-corrected chi connectivity index (χ4v) is 1.65. The molecule has 2 heteroatoms. The zero-order chi connectivity index (χ0) is 11.1. The molecule has 0 aromatic rings. The van der Waals surface area contributed by atoms with Crippen molar-refractivity contribution in [1.82, 2.24) is 5.32 Å². The van der Waals surface area contributed by atoms with Gasteiger partial charge in [-0.05, 0) is 25.2 Å². The lowest BCUT2D eigenvalue weighted by atomic mass is 9.98. The summed E-state index contributed by atoms with van der Waals surface area (Å²) in [5, 5.41) is 12.7. The minimum Gasteiger partial charge on any atom is -0.395 e. The van der Waals surface area contributed by atoms with Crippen LogP contribution >= 0.6 is 0 Å². The van der Waals surface area contributed by atoms with Crippen LogP contribution in [0.15, 0.2) is 0 Å². The Kier molecular flexibility index (Phi) is 7.20. The molecule has 3 atom stereocenters. The number of hydrogen-bond donors (Lipinski definition) is 2. The van der Waals surface area contributed by atoms with E-state index in [2.05, 4.69) is 39.9 Å². The second-order valence-electron chi connectivity index (χ2n) is 4.85. The van der Waals surface area contributed by atoms with E-state index in [-0.39, 0.29) is 12.6 Å². The van der Waals surface area contributed by atoms with Crippen LogP contribution in [0.2, 0.25) is 0 Å². The van der Waals surface area contributed by atoms with E-state index in [1.54, 1.807) is 0 Å². The summed E-state index contributed by atoms with van der Waals surface area (Å²) in [4.78, 5) is 0. The Morgan fingerprint density at radius 3 is 2.07 bits per heavy atom. The molecule has 0 aliphatic carbocycles. The molecule has 0 saturated carbocycles. The molecule has 0 bridgehead atoms.